The highest BCUT2D eigenvalue weighted by Gasteiger charge is 2.61. The van der Waals surface area contributed by atoms with Gasteiger partial charge in [0, 0.05) is 16.3 Å². The second-order valence-electron chi connectivity index (χ2n) is 8.21. The third-order valence-electron chi connectivity index (χ3n) is 6.85. The van der Waals surface area contributed by atoms with E-state index in [9.17, 15) is 9.59 Å². The van der Waals surface area contributed by atoms with E-state index in [0.717, 1.165) is 10.0 Å². The lowest BCUT2D eigenvalue weighted by Crippen LogP contribution is -2.41. The number of hydrogen-bond donors (Lipinski definition) is 0. The van der Waals surface area contributed by atoms with Crippen molar-refractivity contribution in [2.45, 2.75) is 18.8 Å². The van der Waals surface area contributed by atoms with Crippen LogP contribution in [0, 0.1) is 18.8 Å². The first kappa shape index (κ1) is 17.2. The fourth-order valence-corrected chi connectivity index (χ4v) is 6.26. The molecule has 4 heteroatoms. The molecule has 2 unspecified atom stereocenters. The van der Waals surface area contributed by atoms with Crippen molar-refractivity contribution in [1.82, 2.24) is 0 Å². The maximum Gasteiger partial charge on any atom is 0.238 e. The molecule has 0 N–H and O–H groups in total. The molecule has 1 heterocycles. The van der Waals surface area contributed by atoms with Crippen molar-refractivity contribution in [3.05, 3.63) is 99.0 Å². The third-order valence-corrected chi connectivity index (χ3v) is 7.34. The lowest BCUT2D eigenvalue weighted by molar-refractivity contribution is -0.122. The second-order valence-corrected chi connectivity index (χ2v) is 9.12. The Morgan fingerprint density at radius 3 is 1.59 bits per heavy atom. The number of hydrogen-bond acceptors (Lipinski definition) is 2. The highest BCUT2D eigenvalue weighted by molar-refractivity contribution is 9.10. The number of carbonyl (C=O) groups is 2. The number of carbonyl (C=O) groups excluding carboxylic acids is 2. The SMILES string of the molecule is Cc1cc(Br)ccc1N1C(=O)C2C3c4ccccc4C(c4ccccc43)C2C1=O. The van der Waals surface area contributed by atoms with Crippen LogP contribution < -0.4 is 4.90 Å². The van der Waals surface area contributed by atoms with E-state index >= 15 is 0 Å². The van der Waals surface area contributed by atoms with Crippen LogP contribution in [0.25, 0.3) is 0 Å². The molecule has 3 nitrogen and oxygen atoms in total. The first-order valence-electron chi connectivity index (χ1n) is 9.89. The van der Waals surface area contributed by atoms with Crippen molar-refractivity contribution in [3.63, 3.8) is 0 Å². The molecule has 1 fully saturated rings. The van der Waals surface area contributed by atoms with Crippen LogP contribution in [0.4, 0.5) is 5.69 Å². The van der Waals surface area contributed by atoms with Gasteiger partial charge in [-0.1, -0.05) is 64.5 Å². The first-order valence-corrected chi connectivity index (χ1v) is 10.7. The Kier molecular flexibility index (Phi) is 3.49. The van der Waals surface area contributed by atoms with E-state index in [4.69, 9.17) is 0 Å². The molecule has 4 aliphatic rings. The number of imide groups is 1. The van der Waals surface area contributed by atoms with E-state index in [1.165, 1.54) is 27.2 Å². The molecule has 1 saturated heterocycles. The Bertz CT molecular complexity index is 1100. The second kappa shape index (κ2) is 5.90. The van der Waals surface area contributed by atoms with Crippen LogP contribution in [0.1, 0.15) is 39.7 Å². The van der Waals surface area contributed by atoms with Gasteiger partial charge in [0.1, 0.15) is 0 Å². The first-order chi connectivity index (χ1) is 14.1. The Morgan fingerprint density at radius 2 is 1.17 bits per heavy atom. The lowest BCUT2D eigenvalue weighted by Gasteiger charge is -2.45. The largest absolute Gasteiger partial charge is 0.274 e. The average molecular weight is 444 g/mol. The molecule has 2 bridgehead atoms. The van der Waals surface area contributed by atoms with Gasteiger partial charge in [-0.25, -0.2) is 4.90 Å². The normalized spacial score (nSPS) is 26.3. The highest BCUT2D eigenvalue weighted by Crippen LogP contribution is 2.61. The molecule has 29 heavy (non-hydrogen) atoms. The number of halogens is 1. The van der Waals surface area contributed by atoms with Crippen molar-refractivity contribution in [1.29, 1.82) is 0 Å². The molecule has 3 aromatic carbocycles. The molecule has 0 radical (unpaired) electrons. The fraction of sp³-hybridized carbons (Fsp3) is 0.200. The molecular formula is C25H18BrNO2. The van der Waals surface area contributed by atoms with Crippen LogP contribution in [0.2, 0.25) is 0 Å². The lowest BCUT2D eigenvalue weighted by atomic mass is 9.55. The summed E-state index contributed by atoms with van der Waals surface area (Å²) in [7, 11) is 0. The standard InChI is InChI=1S/C25H18BrNO2/c1-13-12-14(26)10-11-19(13)27-24(28)22-20-15-6-2-3-7-16(15)21(23(22)25(27)29)18-9-5-4-8-17(18)20/h2-12,20-23H,1H3. The topological polar surface area (TPSA) is 37.4 Å². The summed E-state index contributed by atoms with van der Waals surface area (Å²) in [6.07, 6.45) is 0. The predicted octanol–water partition coefficient (Wildman–Crippen LogP) is 5.15. The summed E-state index contributed by atoms with van der Waals surface area (Å²) in [5.74, 6) is -0.918. The minimum absolute atomic E-state index is 0.0606. The molecule has 0 aromatic heterocycles. The van der Waals surface area contributed by atoms with Gasteiger partial charge in [-0.2, -0.15) is 0 Å². The van der Waals surface area contributed by atoms with Crippen LogP contribution in [0.15, 0.2) is 71.2 Å². The Hall–Kier alpha value is -2.72. The summed E-state index contributed by atoms with van der Waals surface area (Å²) < 4.78 is 0.940. The molecule has 3 aromatic rings. The summed E-state index contributed by atoms with van der Waals surface area (Å²) >= 11 is 3.48. The molecule has 1 aliphatic heterocycles. The number of amides is 2. The minimum atomic E-state index is -0.333. The molecule has 142 valence electrons. The van der Waals surface area contributed by atoms with Gasteiger partial charge in [-0.15, -0.1) is 0 Å². The predicted molar refractivity (Wildman–Crippen MR) is 115 cm³/mol. The summed E-state index contributed by atoms with van der Waals surface area (Å²) in [5, 5.41) is 0. The van der Waals surface area contributed by atoms with Gasteiger partial charge in [0.05, 0.1) is 17.5 Å². The monoisotopic (exact) mass is 443 g/mol. The molecule has 0 spiro atoms. The van der Waals surface area contributed by atoms with Crippen molar-refractivity contribution in [2.24, 2.45) is 11.8 Å². The molecule has 7 rings (SSSR count). The van der Waals surface area contributed by atoms with Gasteiger partial charge >= 0.3 is 0 Å². The Balaban J connectivity index is 1.57. The van der Waals surface area contributed by atoms with Crippen LogP contribution in [0.5, 0.6) is 0 Å². The number of benzene rings is 3. The van der Waals surface area contributed by atoms with Gasteiger partial charge in [0.15, 0.2) is 0 Å². The van der Waals surface area contributed by atoms with Crippen LogP contribution in [0.3, 0.4) is 0 Å². The Morgan fingerprint density at radius 1 is 0.724 bits per heavy atom. The van der Waals surface area contributed by atoms with Gasteiger partial charge in [0.25, 0.3) is 0 Å². The molecule has 3 aliphatic carbocycles. The number of aryl methyl sites for hydroxylation is 1. The molecule has 2 amide bonds. The summed E-state index contributed by atoms with van der Waals surface area (Å²) in [4.78, 5) is 28.8. The summed E-state index contributed by atoms with van der Waals surface area (Å²) in [6, 6.07) is 22.4. The third kappa shape index (κ3) is 2.13. The quantitative estimate of drug-likeness (QED) is 0.487. The minimum Gasteiger partial charge on any atom is -0.274 e. The average Bonchev–Trinajstić information content (AvgIpc) is 2.99. The summed E-state index contributed by atoms with van der Waals surface area (Å²) in [6.45, 7) is 1.95. The van der Waals surface area contributed by atoms with E-state index < -0.39 is 0 Å². The van der Waals surface area contributed by atoms with Crippen molar-refractivity contribution in [2.75, 3.05) is 4.90 Å². The Labute approximate surface area is 177 Å². The smallest absolute Gasteiger partial charge is 0.238 e. The summed E-state index contributed by atoms with van der Waals surface area (Å²) in [5.41, 5.74) is 6.43. The molecular weight excluding hydrogens is 426 g/mol. The van der Waals surface area contributed by atoms with E-state index in [0.29, 0.717) is 5.69 Å². The van der Waals surface area contributed by atoms with E-state index in [1.807, 2.05) is 49.4 Å². The van der Waals surface area contributed by atoms with E-state index in [-0.39, 0.29) is 35.5 Å². The zero-order chi connectivity index (χ0) is 19.9. The van der Waals surface area contributed by atoms with E-state index in [2.05, 4.69) is 40.2 Å². The zero-order valence-electron chi connectivity index (χ0n) is 15.8. The van der Waals surface area contributed by atoms with Gasteiger partial charge in [-0.05, 0) is 52.9 Å². The van der Waals surface area contributed by atoms with Gasteiger partial charge < -0.3 is 0 Å². The van der Waals surface area contributed by atoms with Crippen LogP contribution >= 0.6 is 15.9 Å². The highest BCUT2D eigenvalue weighted by atomic mass is 79.9. The van der Waals surface area contributed by atoms with Crippen molar-refractivity contribution >= 4 is 33.4 Å². The van der Waals surface area contributed by atoms with E-state index in [1.54, 1.807) is 0 Å². The zero-order valence-corrected chi connectivity index (χ0v) is 17.4. The van der Waals surface area contributed by atoms with Crippen molar-refractivity contribution in [3.8, 4) is 0 Å². The fourth-order valence-electron chi connectivity index (χ4n) is 5.78. The molecule has 2 atom stereocenters. The maximum absolute atomic E-state index is 13.7. The molecule has 0 saturated carbocycles. The van der Waals surface area contributed by atoms with Crippen LogP contribution in [-0.2, 0) is 9.59 Å². The van der Waals surface area contributed by atoms with Gasteiger partial charge in [0.2, 0.25) is 11.8 Å². The van der Waals surface area contributed by atoms with Crippen LogP contribution in [-0.4, -0.2) is 11.8 Å². The number of nitrogens with zero attached hydrogens (tertiary/aromatic N) is 1. The van der Waals surface area contributed by atoms with Gasteiger partial charge in [-0.3, -0.25) is 9.59 Å². The number of anilines is 1. The maximum atomic E-state index is 13.7. The number of rotatable bonds is 1. The van der Waals surface area contributed by atoms with Crippen molar-refractivity contribution < 1.29 is 9.59 Å².